The fourth-order valence-electron chi connectivity index (χ4n) is 3.98. The molecule has 2 aromatic carbocycles. The Balaban J connectivity index is 1.63. The van der Waals surface area contributed by atoms with Crippen LogP contribution in [0.5, 0.6) is 0 Å². The van der Waals surface area contributed by atoms with Crippen LogP contribution >= 0.6 is 23.1 Å². The van der Waals surface area contributed by atoms with Crippen molar-refractivity contribution in [2.45, 2.75) is 36.1 Å². The van der Waals surface area contributed by atoms with Crippen LogP contribution in [0.1, 0.15) is 18.4 Å². The lowest BCUT2D eigenvalue weighted by Crippen LogP contribution is -2.42. The van der Waals surface area contributed by atoms with Gasteiger partial charge in [0.25, 0.3) is 5.91 Å². The SMILES string of the molecule is C=CCn1c(=NC(=O)C2CCCN(S(=O)(=O)c3ccc(C)cc3)C2)sc2cc(SC)ccc21. The number of aromatic nitrogens is 1. The third-order valence-electron chi connectivity index (χ3n) is 5.80. The van der Waals surface area contributed by atoms with E-state index in [0.29, 0.717) is 30.7 Å². The third kappa shape index (κ3) is 5.01. The molecule has 0 N–H and O–H groups in total. The van der Waals surface area contributed by atoms with E-state index in [9.17, 15) is 13.2 Å². The highest BCUT2D eigenvalue weighted by molar-refractivity contribution is 7.98. The Labute approximate surface area is 202 Å². The molecule has 1 amide bonds. The van der Waals surface area contributed by atoms with Gasteiger partial charge in [-0.25, -0.2) is 8.42 Å². The molecular weight excluding hydrogens is 474 g/mol. The van der Waals surface area contributed by atoms with Crippen molar-refractivity contribution < 1.29 is 13.2 Å². The number of aryl methyl sites for hydroxylation is 1. The Bertz CT molecular complexity index is 1360. The quantitative estimate of drug-likeness (QED) is 0.370. The smallest absolute Gasteiger partial charge is 0.252 e. The van der Waals surface area contributed by atoms with Crippen molar-refractivity contribution in [3.63, 3.8) is 0 Å². The van der Waals surface area contributed by atoms with Crippen molar-refractivity contribution in [3.05, 3.63) is 65.5 Å². The fourth-order valence-corrected chi connectivity index (χ4v) is 7.10. The molecule has 2 heterocycles. The predicted octanol–water partition coefficient (Wildman–Crippen LogP) is 4.45. The van der Waals surface area contributed by atoms with Gasteiger partial charge in [-0.2, -0.15) is 9.30 Å². The normalized spacial score (nSPS) is 18.0. The molecule has 0 aliphatic carbocycles. The van der Waals surface area contributed by atoms with E-state index in [-0.39, 0.29) is 17.3 Å². The van der Waals surface area contributed by atoms with Crippen LogP contribution in [0.2, 0.25) is 0 Å². The Morgan fingerprint density at radius 2 is 2.03 bits per heavy atom. The topological polar surface area (TPSA) is 71.7 Å². The molecule has 9 heteroatoms. The highest BCUT2D eigenvalue weighted by atomic mass is 32.2. The lowest BCUT2D eigenvalue weighted by atomic mass is 9.99. The number of carbonyl (C=O) groups is 1. The molecular formula is C24H27N3O3S3. The van der Waals surface area contributed by atoms with Gasteiger partial charge in [-0.3, -0.25) is 4.79 Å². The first-order chi connectivity index (χ1) is 15.8. The van der Waals surface area contributed by atoms with Crippen molar-refractivity contribution in [3.8, 4) is 0 Å². The number of thioether (sulfide) groups is 1. The summed E-state index contributed by atoms with van der Waals surface area (Å²) in [6.07, 6.45) is 5.08. The second kappa shape index (κ2) is 9.97. The van der Waals surface area contributed by atoms with E-state index in [4.69, 9.17) is 0 Å². The second-order valence-electron chi connectivity index (χ2n) is 8.08. The Morgan fingerprint density at radius 3 is 2.73 bits per heavy atom. The van der Waals surface area contributed by atoms with E-state index in [1.807, 2.05) is 23.8 Å². The molecule has 0 radical (unpaired) electrons. The molecule has 33 heavy (non-hydrogen) atoms. The fraction of sp³-hybridized carbons (Fsp3) is 0.333. The minimum absolute atomic E-state index is 0.154. The summed E-state index contributed by atoms with van der Waals surface area (Å²) in [7, 11) is -3.64. The molecule has 174 valence electrons. The number of hydrogen-bond donors (Lipinski definition) is 0. The molecule has 1 aliphatic heterocycles. The molecule has 1 fully saturated rings. The molecule has 0 saturated carbocycles. The first kappa shape index (κ1) is 23.9. The van der Waals surface area contributed by atoms with E-state index < -0.39 is 15.9 Å². The first-order valence-electron chi connectivity index (χ1n) is 10.8. The van der Waals surface area contributed by atoms with Gasteiger partial charge < -0.3 is 4.57 Å². The van der Waals surface area contributed by atoms with Crippen LogP contribution in [0.4, 0.5) is 0 Å². The summed E-state index contributed by atoms with van der Waals surface area (Å²) < 4.78 is 30.7. The summed E-state index contributed by atoms with van der Waals surface area (Å²) in [6, 6.07) is 13.0. The molecule has 4 rings (SSSR count). The zero-order valence-corrected chi connectivity index (χ0v) is 21.2. The van der Waals surface area contributed by atoms with Gasteiger partial charge in [-0.05, 0) is 56.4 Å². The molecule has 3 aromatic rings. The summed E-state index contributed by atoms with van der Waals surface area (Å²) in [6.45, 7) is 6.87. The number of nitrogens with zero attached hydrogens (tertiary/aromatic N) is 3. The number of carbonyl (C=O) groups excluding carboxylic acids is 1. The average molecular weight is 502 g/mol. The molecule has 1 unspecified atom stereocenters. The summed E-state index contributed by atoms with van der Waals surface area (Å²) in [5.74, 6) is -0.726. The van der Waals surface area contributed by atoms with Gasteiger partial charge in [0.1, 0.15) is 0 Å². The highest BCUT2D eigenvalue weighted by Gasteiger charge is 2.33. The summed E-state index contributed by atoms with van der Waals surface area (Å²) in [5.41, 5.74) is 2.01. The zero-order chi connectivity index (χ0) is 23.6. The first-order valence-corrected chi connectivity index (χ1v) is 14.3. The van der Waals surface area contributed by atoms with E-state index >= 15 is 0 Å². The minimum Gasteiger partial charge on any atom is -0.313 e. The standard InChI is InChI=1S/C24H27N3O3S3/c1-4-13-27-21-12-9-19(31-3)15-22(21)32-24(27)25-23(28)18-6-5-14-26(16-18)33(29,30)20-10-7-17(2)8-11-20/h4,7-12,15,18H,1,5-6,13-14,16H2,2-3H3. The largest absolute Gasteiger partial charge is 0.313 e. The second-order valence-corrected chi connectivity index (χ2v) is 11.9. The van der Waals surface area contributed by atoms with Crippen LogP contribution in [0.25, 0.3) is 10.2 Å². The Kier molecular flexibility index (Phi) is 7.23. The summed E-state index contributed by atoms with van der Waals surface area (Å²) in [5, 5.41) is 0. The number of allylic oxidation sites excluding steroid dienone is 1. The van der Waals surface area contributed by atoms with Crippen molar-refractivity contribution in [2.75, 3.05) is 19.3 Å². The Hall–Kier alpha value is -2.20. The molecule has 1 aromatic heterocycles. The summed E-state index contributed by atoms with van der Waals surface area (Å²) in [4.78, 5) is 19.6. The van der Waals surface area contributed by atoms with Gasteiger partial charge >= 0.3 is 0 Å². The zero-order valence-electron chi connectivity index (χ0n) is 18.7. The molecule has 0 bridgehead atoms. The van der Waals surface area contributed by atoms with E-state index in [1.54, 1.807) is 42.1 Å². The van der Waals surface area contributed by atoms with Crippen LogP contribution in [-0.4, -0.2) is 42.5 Å². The van der Waals surface area contributed by atoms with E-state index in [1.165, 1.54) is 15.6 Å². The molecule has 1 atom stereocenters. The predicted molar refractivity (Wildman–Crippen MR) is 135 cm³/mol. The van der Waals surface area contributed by atoms with Crippen molar-refractivity contribution in [1.29, 1.82) is 0 Å². The number of rotatable bonds is 6. The number of amides is 1. The van der Waals surface area contributed by atoms with Gasteiger partial charge in [0.2, 0.25) is 10.0 Å². The van der Waals surface area contributed by atoms with Crippen molar-refractivity contribution in [2.24, 2.45) is 10.9 Å². The van der Waals surface area contributed by atoms with Gasteiger partial charge in [-0.15, -0.1) is 18.3 Å². The number of hydrogen-bond acceptors (Lipinski definition) is 5. The van der Waals surface area contributed by atoms with Crippen LogP contribution in [0.3, 0.4) is 0 Å². The van der Waals surface area contributed by atoms with Gasteiger partial charge in [0, 0.05) is 24.5 Å². The molecule has 0 spiro atoms. The maximum absolute atomic E-state index is 13.2. The van der Waals surface area contributed by atoms with E-state index in [2.05, 4.69) is 23.7 Å². The number of fused-ring (bicyclic) bond motifs is 1. The van der Waals surface area contributed by atoms with E-state index in [0.717, 1.165) is 20.7 Å². The molecule has 1 saturated heterocycles. The van der Waals surface area contributed by atoms with Crippen molar-refractivity contribution in [1.82, 2.24) is 8.87 Å². The molecule has 1 aliphatic rings. The lowest BCUT2D eigenvalue weighted by molar-refractivity contribution is -0.122. The Morgan fingerprint density at radius 1 is 1.27 bits per heavy atom. The maximum atomic E-state index is 13.2. The molecule has 6 nitrogen and oxygen atoms in total. The van der Waals surface area contributed by atoms with Crippen LogP contribution in [0.15, 0.2) is 69.9 Å². The maximum Gasteiger partial charge on any atom is 0.252 e. The minimum atomic E-state index is -3.64. The van der Waals surface area contributed by atoms with Gasteiger partial charge in [-0.1, -0.05) is 35.1 Å². The summed E-state index contributed by atoms with van der Waals surface area (Å²) >= 11 is 3.14. The highest BCUT2D eigenvalue weighted by Crippen LogP contribution is 2.26. The van der Waals surface area contributed by atoms with Crippen molar-refractivity contribution >= 4 is 49.2 Å². The van der Waals surface area contributed by atoms with Gasteiger partial charge in [0.05, 0.1) is 21.0 Å². The number of piperidine rings is 1. The number of thiazole rings is 1. The van der Waals surface area contributed by atoms with Crippen LogP contribution < -0.4 is 4.80 Å². The van der Waals surface area contributed by atoms with Crippen LogP contribution in [-0.2, 0) is 21.4 Å². The van der Waals surface area contributed by atoms with Gasteiger partial charge in [0.15, 0.2) is 4.80 Å². The average Bonchev–Trinajstić information content (AvgIpc) is 3.15. The number of benzene rings is 2. The lowest BCUT2D eigenvalue weighted by Gasteiger charge is -2.30. The number of sulfonamides is 1. The van der Waals surface area contributed by atoms with Crippen LogP contribution in [0, 0.1) is 12.8 Å². The third-order valence-corrected chi connectivity index (χ3v) is 9.45. The monoisotopic (exact) mass is 501 g/mol.